The van der Waals surface area contributed by atoms with Crippen LogP contribution in [-0.2, 0) is 12.7 Å². The normalized spacial score (nSPS) is 14.1. The van der Waals surface area contributed by atoms with Gasteiger partial charge in [-0.1, -0.05) is 12.1 Å². The van der Waals surface area contributed by atoms with Crippen LogP contribution in [0.4, 0.5) is 24.9 Å². The second kappa shape index (κ2) is 8.59. The van der Waals surface area contributed by atoms with E-state index in [1.54, 1.807) is 7.11 Å². The van der Waals surface area contributed by atoms with Gasteiger partial charge in [0.1, 0.15) is 11.6 Å². The summed E-state index contributed by atoms with van der Waals surface area (Å²) in [6.45, 7) is 1.75. The maximum atomic E-state index is 13.2. The van der Waals surface area contributed by atoms with Crippen molar-refractivity contribution in [1.82, 2.24) is 15.3 Å². The van der Waals surface area contributed by atoms with Crippen molar-refractivity contribution in [3.05, 3.63) is 41.6 Å². The lowest BCUT2D eigenvalue weighted by Crippen LogP contribution is -2.30. The molecule has 0 bridgehead atoms. The number of halogens is 3. The Balaban J connectivity index is 1.69. The van der Waals surface area contributed by atoms with Crippen LogP contribution in [0, 0.1) is 0 Å². The molecule has 0 unspecified atom stereocenters. The summed E-state index contributed by atoms with van der Waals surface area (Å²) in [5.41, 5.74) is -0.0579. The van der Waals surface area contributed by atoms with E-state index in [4.69, 9.17) is 17.0 Å². The van der Waals surface area contributed by atoms with Crippen LogP contribution in [-0.4, -0.2) is 35.3 Å². The smallest absolute Gasteiger partial charge is 0.433 e. The molecule has 0 amide bonds. The van der Waals surface area contributed by atoms with Crippen LogP contribution in [0.1, 0.15) is 24.1 Å². The van der Waals surface area contributed by atoms with Gasteiger partial charge in [0.25, 0.3) is 0 Å². The van der Waals surface area contributed by atoms with Crippen molar-refractivity contribution in [1.29, 1.82) is 0 Å². The Labute approximate surface area is 166 Å². The van der Waals surface area contributed by atoms with Crippen LogP contribution in [0.25, 0.3) is 0 Å². The molecule has 2 N–H and O–H groups in total. The summed E-state index contributed by atoms with van der Waals surface area (Å²) in [6, 6.07) is 8.32. The summed E-state index contributed by atoms with van der Waals surface area (Å²) in [5, 5.41) is 5.74. The molecule has 6 nitrogen and oxygen atoms in total. The molecule has 2 aromatic rings. The van der Waals surface area contributed by atoms with Gasteiger partial charge in [0.15, 0.2) is 10.8 Å². The molecular formula is C18H20F3N5OS. The number of alkyl halides is 3. The third-order valence-electron chi connectivity index (χ3n) is 4.27. The van der Waals surface area contributed by atoms with Gasteiger partial charge in [-0.15, -0.1) is 0 Å². The third kappa shape index (κ3) is 5.22. The second-order valence-corrected chi connectivity index (χ2v) is 6.69. The summed E-state index contributed by atoms with van der Waals surface area (Å²) < 4.78 is 44.7. The molecule has 150 valence electrons. The molecule has 10 heteroatoms. The van der Waals surface area contributed by atoms with Crippen molar-refractivity contribution in [2.45, 2.75) is 25.6 Å². The van der Waals surface area contributed by atoms with E-state index in [0.29, 0.717) is 19.6 Å². The molecule has 1 fully saturated rings. The van der Waals surface area contributed by atoms with Crippen molar-refractivity contribution < 1.29 is 17.9 Å². The summed E-state index contributed by atoms with van der Waals surface area (Å²) >= 11 is 5.18. The first-order valence-corrected chi connectivity index (χ1v) is 9.15. The Bertz CT molecular complexity index is 823. The Kier molecular flexibility index (Phi) is 6.18. The Morgan fingerprint density at radius 3 is 2.46 bits per heavy atom. The average molecular weight is 411 g/mol. The van der Waals surface area contributed by atoms with Crippen LogP contribution in [0.5, 0.6) is 5.75 Å². The minimum Gasteiger partial charge on any atom is -0.497 e. The topological polar surface area (TPSA) is 62.3 Å². The molecule has 1 aromatic heterocycles. The minimum atomic E-state index is -4.56. The van der Waals surface area contributed by atoms with Crippen LogP contribution in [0.2, 0.25) is 0 Å². The summed E-state index contributed by atoms with van der Waals surface area (Å²) in [5.74, 6) is 0.806. The maximum absolute atomic E-state index is 13.2. The van der Waals surface area contributed by atoms with E-state index in [0.717, 1.165) is 30.2 Å². The molecule has 0 radical (unpaired) electrons. The van der Waals surface area contributed by atoms with Crippen molar-refractivity contribution in [2.75, 3.05) is 30.4 Å². The number of thiocarbonyl (C=S) groups is 1. The number of ether oxygens (including phenoxy) is 1. The zero-order chi connectivity index (χ0) is 20.1. The van der Waals surface area contributed by atoms with Crippen molar-refractivity contribution in [3.63, 3.8) is 0 Å². The number of nitrogens with zero attached hydrogens (tertiary/aromatic N) is 3. The van der Waals surface area contributed by atoms with Crippen molar-refractivity contribution >= 4 is 29.1 Å². The fraction of sp³-hybridized carbons (Fsp3) is 0.389. The summed E-state index contributed by atoms with van der Waals surface area (Å²) in [4.78, 5) is 9.60. The van der Waals surface area contributed by atoms with E-state index < -0.39 is 11.9 Å². The lowest BCUT2D eigenvalue weighted by atomic mass is 10.2. The number of hydrogen-bond donors (Lipinski definition) is 2. The first-order chi connectivity index (χ1) is 13.3. The highest BCUT2D eigenvalue weighted by Crippen LogP contribution is 2.31. The molecule has 2 heterocycles. The highest BCUT2D eigenvalue weighted by atomic mass is 32.1. The lowest BCUT2D eigenvalue weighted by Gasteiger charge is -2.19. The van der Waals surface area contributed by atoms with Gasteiger partial charge in [-0.25, -0.2) is 4.98 Å². The molecule has 0 saturated carbocycles. The molecule has 1 aliphatic heterocycles. The van der Waals surface area contributed by atoms with Gasteiger partial charge in [-0.2, -0.15) is 18.2 Å². The fourth-order valence-electron chi connectivity index (χ4n) is 2.82. The van der Waals surface area contributed by atoms with Gasteiger partial charge in [0.05, 0.1) is 7.11 Å². The van der Waals surface area contributed by atoms with Crippen LogP contribution < -0.4 is 20.3 Å². The van der Waals surface area contributed by atoms with Crippen LogP contribution in [0.15, 0.2) is 30.3 Å². The largest absolute Gasteiger partial charge is 0.497 e. The van der Waals surface area contributed by atoms with Gasteiger partial charge in [-0.3, -0.25) is 0 Å². The maximum Gasteiger partial charge on any atom is 0.433 e. The van der Waals surface area contributed by atoms with Gasteiger partial charge < -0.3 is 20.3 Å². The average Bonchev–Trinajstić information content (AvgIpc) is 3.21. The van der Waals surface area contributed by atoms with E-state index in [-0.39, 0.29) is 16.9 Å². The van der Waals surface area contributed by atoms with Crippen molar-refractivity contribution in [3.8, 4) is 5.75 Å². The molecule has 1 aromatic carbocycles. The first-order valence-electron chi connectivity index (χ1n) is 8.74. The molecule has 1 saturated heterocycles. The monoisotopic (exact) mass is 411 g/mol. The highest BCUT2D eigenvalue weighted by Gasteiger charge is 2.34. The number of methoxy groups -OCH3 is 1. The molecule has 28 heavy (non-hydrogen) atoms. The predicted molar refractivity (Wildman–Crippen MR) is 105 cm³/mol. The van der Waals surface area contributed by atoms with E-state index in [1.165, 1.54) is 0 Å². The first kappa shape index (κ1) is 20.1. The Hall–Kier alpha value is -2.62. The van der Waals surface area contributed by atoms with E-state index >= 15 is 0 Å². The van der Waals surface area contributed by atoms with Crippen LogP contribution >= 0.6 is 12.2 Å². The number of nitrogens with one attached hydrogen (secondary N) is 2. The number of anilines is 2. The second-order valence-electron chi connectivity index (χ2n) is 6.28. The SMILES string of the molecule is COc1ccc(CNC(=S)Nc2nc(N3CCCC3)cc(C(F)(F)F)n2)cc1. The molecule has 3 rings (SSSR count). The van der Waals surface area contributed by atoms with Gasteiger partial charge >= 0.3 is 6.18 Å². The number of hydrogen-bond acceptors (Lipinski definition) is 5. The van der Waals surface area contributed by atoms with Gasteiger partial charge in [0, 0.05) is 25.7 Å². The number of aromatic nitrogens is 2. The van der Waals surface area contributed by atoms with Crippen molar-refractivity contribution in [2.24, 2.45) is 0 Å². The Morgan fingerprint density at radius 2 is 1.86 bits per heavy atom. The number of benzene rings is 1. The zero-order valence-corrected chi connectivity index (χ0v) is 16.0. The Morgan fingerprint density at radius 1 is 1.18 bits per heavy atom. The molecule has 0 spiro atoms. The quantitative estimate of drug-likeness (QED) is 0.729. The minimum absolute atomic E-state index is 0.141. The zero-order valence-electron chi connectivity index (χ0n) is 15.2. The third-order valence-corrected chi connectivity index (χ3v) is 4.52. The van der Waals surface area contributed by atoms with Gasteiger partial charge in [0.2, 0.25) is 5.95 Å². The van der Waals surface area contributed by atoms with E-state index in [9.17, 15) is 13.2 Å². The fourth-order valence-corrected chi connectivity index (χ4v) is 2.98. The number of rotatable bonds is 5. The molecule has 0 atom stereocenters. The summed E-state index contributed by atoms with van der Waals surface area (Å²) in [6.07, 6.45) is -2.71. The lowest BCUT2D eigenvalue weighted by molar-refractivity contribution is -0.141. The van der Waals surface area contributed by atoms with Gasteiger partial charge in [-0.05, 0) is 42.8 Å². The van der Waals surface area contributed by atoms with E-state index in [1.807, 2.05) is 29.2 Å². The summed E-state index contributed by atoms with van der Waals surface area (Å²) in [7, 11) is 1.58. The highest BCUT2D eigenvalue weighted by molar-refractivity contribution is 7.80. The molecular weight excluding hydrogens is 391 g/mol. The molecule has 0 aliphatic carbocycles. The van der Waals surface area contributed by atoms with Crippen LogP contribution in [0.3, 0.4) is 0 Å². The molecule has 1 aliphatic rings. The van der Waals surface area contributed by atoms with E-state index in [2.05, 4.69) is 20.6 Å². The standard InChI is InChI=1S/C18H20F3N5OS/c1-27-13-6-4-12(5-7-13)11-22-17(28)25-16-23-14(18(19,20)21)10-15(24-16)26-8-2-3-9-26/h4-7,10H,2-3,8-9,11H2,1H3,(H2,22,23,24,25,28). The predicted octanol–water partition coefficient (Wildman–Crippen LogP) is 3.59.